The Balaban J connectivity index is 1.15. The average molecular weight is 745 g/mol. The third kappa shape index (κ3) is 12.8. The SMILES string of the molecule is O=C(CCCC(=O)ON1C(=O)CCC1=O)NC(COCC(=O)N(C1CCCCC1)C1CCCCC1)COCC(=O)N(C1CCCCC1)C1CCCCC1. The summed E-state index contributed by atoms with van der Waals surface area (Å²) in [5.74, 6) is -2.23. The number of nitrogens with one attached hydrogen (secondary N) is 1. The third-order valence-electron chi connectivity index (χ3n) is 11.9. The first kappa shape index (κ1) is 41.1. The lowest BCUT2D eigenvalue weighted by atomic mass is 9.88. The van der Waals surface area contributed by atoms with E-state index in [1.165, 1.54) is 25.7 Å². The number of carbonyl (C=O) groups excluding carboxylic acids is 6. The van der Waals surface area contributed by atoms with Gasteiger partial charge in [0, 0.05) is 49.9 Å². The van der Waals surface area contributed by atoms with Crippen molar-refractivity contribution in [3.8, 4) is 0 Å². The topological polar surface area (TPSA) is 152 Å². The van der Waals surface area contributed by atoms with Gasteiger partial charge in [-0.15, -0.1) is 5.06 Å². The van der Waals surface area contributed by atoms with Gasteiger partial charge in [-0.25, -0.2) is 4.79 Å². The summed E-state index contributed by atoms with van der Waals surface area (Å²) in [6.45, 7) is -0.111. The van der Waals surface area contributed by atoms with E-state index in [1.807, 2.05) is 0 Å². The summed E-state index contributed by atoms with van der Waals surface area (Å²) in [5.41, 5.74) is 0. The molecule has 0 unspecified atom stereocenters. The Labute approximate surface area is 315 Å². The van der Waals surface area contributed by atoms with Crippen LogP contribution in [-0.4, -0.2) is 107 Å². The quantitative estimate of drug-likeness (QED) is 0.185. The van der Waals surface area contributed by atoms with Crippen LogP contribution in [0.5, 0.6) is 0 Å². The van der Waals surface area contributed by atoms with Crippen molar-refractivity contribution in [2.24, 2.45) is 0 Å². The Hall–Kier alpha value is -3.06. The standard InChI is InChI=1S/C40H64N4O9/c45-35(22-13-23-40(50)53-44-36(46)24-25-37(44)47)41-30(26-51-28-38(48)42(31-14-5-1-6-15-31)32-16-7-2-8-17-32)27-52-29-39(49)43(33-18-9-3-10-19-33)34-20-11-4-12-21-34/h30-34H,1-29H2,(H,41,45). The maximum Gasteiger partial charge on any atom is 0.333 e. The van der Waals surface area contributed by atoms with E-state index >= 15 is 0 Å². The fourth-order valence-corrected chi connectivity index (χ4v) is 9.20. The van der Waals surface area contributed by atoms with Crippen LogP contribution >= 0.6 is 0 Å². The predicted molar refractivity (Wildman–Crippen MR) is 196 cm³/mol. The minimum absolute atomic E-state index is 0.00550. The molecule has 0 aromatic rings. The van der Waals surface area contributed by atoms with Crippen LogP contribution in [0.1, 0.15) is 161 Å². The van der Waals surface area contributed by atoms with Crippen molar-refractivity contribution in [2.75, 3.05) is 26.4 Å². The van der Waals surface area contributed by atoms with E-state index in [0.29, 0.717) is 5.06 Å². The van der Waals surface area contributed by atoms with Crippen LogP contribution in [0.2, 0.25) is 0 Å². The number of hydrogen-bond donors (Lipinski definition) is 1. The van der Waals surface area contributed by atoms with Gasteiger partial charge in [0.15, 0.2) is 0 Å². The molecule has 4 saturated carbocycles. The fourth-order valence-electron chi connectivity index (χ4n) is 9.20. The van der Waals surface area contributed by atoms with Crippen LogP contribution in [0.4, 0.5) is 0 Å². The molecule has 5 aliphatic rings. The second-order valence-corrected chi connectivity index (χ2v) is 16.0. The number of ether oxygens (including phenoxy) is 2. The van der Waals surface area contributed by atoms with E-state index in [0.717, 1.165) is 103 Å². The lowest BCUT2D eigenvalue weighted by molar-refractivity contribution is -0.197. The summed E-state index contributed by atoms with van der Waals surface area (Å²) in [6, 6.07) is 0.371. The number of imide groups is 1. The third-order valence-corrected chi connectivity index (χ3v) is 11.9. The minimum Gasteiger partial charge on any atom is -0.369 e. The van der Waals surface area contributed by atoms with Crippen molar-refractivity contribution in [2.45, 2.75) is 191 Å². The molecule has 5 fully saturated rings. The zero-order valence-electron chi connectivity index (χ0n) is 31.9. The Morgan fingerprint density at radius 3 is 1.34 bits per heavy atom. The Kier molecular flexibility index (Phi) is 16.9. The van der Waals surface area contributed by atoms with Gasteiger partial charge in [-0.2, -0.15) is 0 Å². The lowest BCUT2D eigenvalue weighted by Crippen LogP contribution is -2.51. The molecule has 5 rings (SSSR count). The highest BCUT2D eigenvalue weighted by Crippen LogP contribution is 2.32. The summed E-state index contributed by atoms with van der Waals surface area (Å²) in [7, 11) is 0. The molecule has 0 aromatic carbocycles. The second-order valence-electron chi connectivity index (χ2n) is 16.0. The number of carbonyl (C=O) groups is 6. The van der Waals surface area contributed by atoms with Gasteiger partial charge in [-0.05, 0) is 57.8 Å². The first-order valence-corrected chi connectivity index (χ1v) is 20.9. The van der Waals surface area contributed by atoms with Crippen LogP contribution in [0, 0.1) is 0 Å². The van der Waals surface area contributed by atoms with E-state index in [2.05, 4.69) is 15.1 Å². The largest absolute Gasteiger partial charge is 0.369 e. The molecule has 0 radical (unpaired) electrons. The first-order chi connectivity index (χ1) is 25.8. The van der Waals surface area contributed by atoms with Crippen LogP contribution in [0.25, 0.3) is 0 Å². The fraction of sp³-hybridized carbons (Fsp3) is 0.850. The van der Waals surface area contributed by atoms with Crippen LogP contribution < -0.4 is 5.32 Å². The van der Waals surface area contributed by atoms with Crippen molar-refractivity contribution in [1.29, 1.82) is 0 Å². The minimum atomic E-state index is -0.761. The molecular formula is C40H64N4O9. The van der Waals surface area contributed by atoms with Gasteiger partial charge in [-0.3, -0.25) is 24.0 Å². The van der Waals surface area contributed by atoms with Crippen LogP contribution in [-0.2, 0) is 43.1 Å². The summed E-state index contributed by atoms with van der Waals surface area (Å²) >= 11 is 0. The molecule has 5 amide bonds. The molecule has 0 aromatic heterocycles. The first-order valence-electron chi connectivity index (χ1n) is 20.9. The highest BCUT2D eigenvalue weighted by Gasteiger charge is 2.35. The lowest BCUT2D eigenvalue weighted by Gasteiger charge is -2.42. The second kappa shape index (κ2) is 21.7. The summed E-state index contributed by atoms with van der Waals surface area (Å²) in [4.78, 5) is 85.5. The van der Waals surface area contributed by atoms with Gasteiger partial charge in [0.05, 0.1) is 19.3 Å². The molecular weight excluding hydrogens is 680 g/mol. The highest BCUT2D eigenvalue weighted by atomic mass is 16.7. The van der Waals surface area contributed by atoms with E-state index in [1.54, 1.807) is 0 Å². The number of hydroxylamine groups is 2. The summed E-state index contributed by atoms with van der Waals surface area (Å²) in [5, 5.41) is 3.43. The van der Waals surface area contributed by atoms with Crippen LogP contribution in [0.15, 0.2) is 0 Å². The van der Waals surface area contributed by atoms with Gasteiger partial charge in [0.25, 0.3) is 11.8 Å². The Bertz CT molecular complexity index is 1110. The van der Waals surface area contributed by atoms with Crippen molar-refractivity contribution in [1.82, 2.24) is 20.2 Å². The highest BCUT2D eigenvalue weighted by molar-refractivity contribution is 6.01. The van der Waals surface area contributed by atoms with Gasteiger partial charge in [0.2, 0.25) is 17.7 Å². The van der Waals surface area contributed by atoms with Crippen molar-refractivity contribution >= 4 is 35.5 Å². The van der Waals surface area contributed by atoms with Crippen molar-refractivity contribution in [3.63, 3.8) is 0 Å². The van der Waals surface area contributed by atoms with E-state index in [4.69, 9.17) is 14.3 Å². The van der Waals surface area contributed by atoms with E-state index in [9.17, 15) is 28.8 Å². The molecule has 0 spiro atoms. The Morgan fingerprint density at radius 2 is 0.962 bits per heavy atom. The van der Waals surface area contributed by atoms with Gasteiger partial charge >= 0.3 is 5.97 Å². The number of amides is 5. The van der Waals surface area contributed by atoms with E-state index in [-0.39, 0.29) is 100 Å². The molecule has 0 bridgehead atoms. The summed E-state index contributed by atoms with van der Waals surface area (Å²) in [6.07, 6.45) is 22.1. The van der Waals surface area contributed by atoms with Gasteiger partial charge in [-0.1, -0.05) is 77.0 Å². The van der Waals surface area contributed by atoms with Crippen LogP contribution in [0.3, 0.4) is 0 Å². The summed E-state index contributed by atoms with van der Waals surface area (Å²) < 4.78 is 12.1. The molecule has 1 aliphatic heterocycles. The maximum atomic E-state index is 13.7. The molecule has 1 heterocycles. The smallest absolute Gasteiger partial charge is 0.333 e. The molecule has 298 valence electrons. The van der Waals surface area contributed by atoms with Crippen molar-refractivity contribution in [3.05, 3.63) is 0 Å². The normalized spacial score (nSPS) is 21.2. The number of rotatable bonds is 18. The Morgan fingerprint density at radius 1 is 0.585 bits per heavy atom. The zero-order chi connectivity index (χ0) is 37.4. The van der Waals surface area contributed by atoms with Gasteiger partial charge in [0.1, 0.15) is 13.2 Å². The average Bonchev–Trinajstić information content (AvgIpc) is 3.49. The zero-order valence-corrected chi connectivity index (χ0v) is 31.9. The molecule has 1 N–H and O–H groups in total. The van der Waals surface area contributed by atoms with Crippen molar-refractivity contribution < 1.29 is 43.1 Å². The number of nitrogens with zero attached hydrogens (tertiary/aromatic N) is 3. The van der Waals surface area contributed by atoms with Gasteiger partial charge < -0.3 is 29.4 Å². The molecule has 4 aliphatic carbocycles. The molecule has 13 heteroatoms. The number of hydrogen-bond acceptors (Lipinski definition) is 9. The molecule has 53 heavy (non-hydrogen) atoms. The monoisotopic (exact) mass is 744 g/mol. The molecule has 0 atom stereocenters. The molecule has 1 saturated heterocycles. The maximum absolute atomic E-state index is 13.7. The molecule has 13 nitrogen and oxygen atoms in total. The predicted octanol–water partition coefficient (Wildman–Crippen LogP) is 5.27. The van der Waals surface area contributed by atoms with E-state index < -0.39 is 23.8 Å².